The van der Waals surface area contributed by atoms with Crippen molar-refractivity contribution in [2.24, 2.45) is 5.92 Å². The van der Waals surface area contributed by atoms with Crippen LogP contribution in [0.15, 0.2) is 0 Å². The van der Waals surface area contributed by atoms with Crippen LogP contribution in [0.2, 0.25) is 0 Å². The molecule has 10 heteroatoms. The van der Waals surface area contributed by atoms with Crippen LogP contribution in [0.4, 0.5) is 4.79 Å². The van der Waals surface area contributed by atoms with Crippen LogP contribution >= 0.6 is 11.8 Å². The predicted molar refractivity (Wildman–Crippen MR) is 120 cm³/mol. The SMILES string of the molecule is CC[C@H](C)[C@H](NC(=O)[C@@H]1CCCN1C(=O)CNC(=O)OC(C)(C)C)C(=O)C1NCCS1. The van der Waals surface area contributed by atoms with Gasteiger partial charge < -0.3 is 20.3 Å². The minimum absolute atomic E-state index is 0.0150. The van der Waals surface area contributed by atoms with Crippen molar-refractivity contribution in [3.63, 3.8) is 0 Å². The summed E-state index contributed by atoms with van der Waals surface area (Å²) in [6.45, 7) is 10.1. The van der Waals surface area contributed by atoms with E-state index in [1.165, 1.54) is 4.90 Å². The van der Waals surface area contributed by atoms with Crippen molar-refractivity contribution in [1.29, 1.82) is 0 Å². The first-order valence-corrected chi connectivity index (χ1v) is 12.0. The van der Waals surface area contributed by atoms with Crippen LogP contribution in [0, 0.1) is 5.92 Å². The summed E-state index contributed by atoms with van der Waals surface area (Å²) in [7, 11) is 0. The molecule has 0 saturated carbocycles. The van der Waals surface area contributed by atoms with E-state index in [1.807, 2.05) is 13.8 Å². The standard InChI is InChI=1S/C21H36N4O5S/c1-6-13(2)16(17(27)19-22-9-11-31-19)24-18(28)14-8-7-10-25(14)15(26)12-23-20(29)30-21(3,4)5/h13-14,16,19,22H,6-12H2,1-5H3,(H,23,29)(H,24,28)/t13-,14-,16-,19?/m0/s1. The van der Waals surface area contributed by atoms with E-state index in [1.54, 1.807) is 32.5 Å². The number of ketones is 1. The predicted octanol–water partition coefficient (Wildman–Crippen LogP) is 1.26. The average Bonchev–Trinajstić information content (AvgIpc) is 3.39. The van der Waals surface area contributed by atoms with E-state index in [9.17, 15) is 19.2 Å². The molecular weight excluding hydrogens is 420 g/mol. The molecule has 2 rings (SSSR count). The Morgan fingerprint density at radius 3 is 2.55 bits per heavy atom. The number of carbonyl (C=O) groups excluding carboxylic acids is 4. The summed E-state index contributed by atoms with van der Waals surface area (Å²) < 4.78 is 5.15. The molecule has 2 saturated heterocycles. The van der Waals surface area contributed by atoms with Gasteiger partial charge >= 0.3 is 6.09 Å². The largest absolute Gasteiger partial charge is 0.444 e. The van der Waals surface area contributed by atoms with Crippen molar-refractivity contribution in [3.05, 3.63) is 0 Å². The first kappa shape index (κ1) is 25.5. The number of hydrogen-bond donors (Lipinski definition) is 3. The molecular formula is C21H36N4O5S. The number of nitrogens with zero attached hydrogens (tertiary/aromatic N) is 1. The van der Waals surface area contributed by atoms with E-state index in [4.69, 9.17) is 4.74 Å². The molecule has 3 amide bonds. The summed E-state index contributed by atoms with van der Waals surface area (Å²) >= 11 is 1.56. The Kier molecular flexibility index (Phi) is 9.17. The van der Waals surface area contributed by atoms with Gasteiger partial charge in [-0.05, 0) is 39.5 Å². The summed E-state index contributed by atoms with van der Waals surface area (Å²) in [6, 6.07) is -1.24. The number of hydrogen-bond acceptors (Lipinski definition) is 7. The summed E-state index contributed by atoms with van der Waals surface area (Å²) in [5.74, 6) is 0.173. The number of likely N-dealkylation sites (tertiary alicyclic amines) is 1. The Morgan fingerprint density at radius 2 is 1.97 bits per heavy atom. The molecule has 4 atom stereocenters. The van der Waals surface area contributed by atoms with Crippen LogP contribution in [0.1, 0.15) is 53.9 Å². The van der Waals surface area contributed by atoms with Crippen molar-refractivity contribution >= 4 is 35.5 Å². The van der Waals surface area contributed by atoms with E-state index < -0.39 is 23.8 Å². The maximum atomic E-state index is 13.0. The highest BCUT2D eigenvalue weighted by molar-refractivity contribution is 8.00. The summed E-state index contributed by atoms with van der Waals surface area (Å²) in [4.78, 5) is 51.9. The molecule has 0 spiro atoms. The molecule has 2 fully saturated rings. The van der Waals surface area contributed by atoms with Crippen molar-refractivity contribution in [2.75, 3.05) is 25.4 Å². The van der Waals surface area contributed by atoms with Gasteiger partial charge in [-0.15, -0.1) is 11.8 Å². The van der Waals surface area contributed by atoms with Crippen LogP contribution in [-0.2, 0) is 19.1 Å². The summed E-state index contributed by atoms with van der Waals surface area (Å²) in [5.41, 5.74) is -0.660. The van der Waals surface area contributed by atoms with Crippen molar-refractivity contribution < 1.29 is 23.9 Å². The molecule has 2 aliphatic heterocycles. The van der Waals surface area contributed by atoms with E-state index in [-0.39, 0.29) is 35.4 Å². The van der Waals surface area contributed by atoms with Crippen LogP contribution in [0.3, 0.4) is 0 Å². The van der Waals surface area contributed by atoms with Gasteiger partial charge in [-0.3, -0.25) is 19.7 Å². The molecule has 2 aliphatic rings. The third-order valence-electron chi connectivity index (χ3n) is 5.45. The number of alkyl carbamates (subject to hydrolysis) is 1. The van der Waals surface area contributed by atoms with Crippen LogP contribution in [-0.4, -0.2) is 77.0 Å². The third-order valence-corrected chi connectivity index (χ3v) is 6.62. The van der Waals surface area contributed by atoms with Gasteiger partial charge in [0.15, 0.2) is 5.78 Å². The smallest absolute Gasteiger partial charge is 0.408 e. The maximum absolute atomic E-state index is 13.0. The number of amides is 3. The highest BCUT2D eigenvalue weighted by atomic mass is 32.2. The van der Waals surface area contributed by atoms with Gasteiger partial charge in [0.2, 0.25) is 11.8 Å². The van der Waals surface area contributed by atoms with E-state index in [0.717, 1.165) is 18.7 Å². The summed E-state index contributed by atoms with van der Waals surface area (Å²) in [5, 5.41) is 8.24. The second kappa shape index (κ2) is 11.2. The minimum atomic E-state index is -0.676. The van der Waals surface area contributed by atoms with Gasteiger partial charge in [0, 0.05) is 18.8 Å². The second-order valence-electron chi connectivity index (χ2n) is 9.08. The molecule has 0 aliphatic carbocycles. The topological polar surface area (TPSA) is 117 Å². The van der Waals surface area contributed by atoms with Crippen molar-refractivity contribution in [2.45, 2.75) is 76.9 Å². The fourth-order valence-electron chi connectivity index (χ4n) is 3.65. The zero-order valence-corrected chi connectivity index (χ0v) is 20.0. The Hall–Kier alpha value is -1.81. The lowest BCUT2D eigenvalue weighted by Crippen LogP contribution is -2.56. The molecule has 31 heavy (non-hydrogen) atoms. The van der Waals surface area contributed by atoms with Gasteiger partial charge in [0.1, 0.15) is 23.6 Å². The molecule has 0 aromatic rings. The lowest BCUT2D eigenvalue weighted by Gasteiger charge is -2.29. The fourth-order valence-corrected chi connectivity index (χ4v) is 4.67. The van der Waals surface area contributed by atoms with E-state index >= 15 is 0 Å². The van der Waals surface area contributed by atoms with Gasteiger partial charge in [-0.25, -0.2) is 4.79 Å². The second-order valence-corrected chi connectivity index (χ2v) is 10.3. The monoisotopic (exact) mass is 456 g/mol. The van der Waals surface area contributed by atoms with Gasteiger partial charge in [-0.2, -0.15) is 0 Å². The van der Waals surface area contributed by atoms with Gasteiger partial charge in [-0.1, -0.05) is 20.3 Å². The molecule has 0 radical (unpaired) electrons. The normalized spacial score (nSPS) is 23.2. The molecule has 0 bridgehead atoms. The minimum Gasteiger partial charge on any atom is -0.444 e. The Morgan fingerprint density at radius 1 is 1.26 bits per heavy atom. The lowest BCUT2D eigenvalue weighted by atomic mass is 9.94. The van der Waals surface area contributed by atoms with Gasteiger partial charge in [0.25, 0.3) is 0 Å². The number of rotatable bonds is 8. The highest BCUT2D eigenvalue weighted by Gasteiger charge is 2.38. The van der Waals surface area contributed by atoms with E-state index in [0.29, 0.717) is 19.4 Å². The Labute approximate surface area is 188 Å². The number of thioether (sulfide) groups is 1. The van der Waals surface area contributed by atoms with Crippen LogP contribution < -0.4 is 16.0 Å². The molecule has 3 N–H and O–H groups in total. The van der Waals surface area contributed by atoms with Gasteiger partial charge in [0.05, 0.1) is 6.04 Å². The quantitative estimate of drug-likeness (QED) is 0.503. The first-order valence-electron chi connectivity index (χ1n) is 11.0. The molecule has 9 nitrogen and oxygen atoms in total. The molecule has 0 aromatic heterocycles. The first-order chi connectivity index (χ1) is 14.5. The Bertz CT molecular complexity index is 675. The third kappa shape index (κ3) is 7.38. The molecule has 176 valence electrons. The van der Waals surface area contributed by atoms with Crippen LogP contribution in [0.5, 0.6) is 0 Å². The number of ether oxygens (including phenoxy) is 1. The zero-order valence-electron chi connectivity index (χ0n) is 19.2. The summed E-state index contributed by atoms with van der Waals surface area (Å²) in [6.07, 6.45) is 1.30. The Balaban J connectivity index is 1.97. The molecule has 1 unspecified atom stereocenters. The average molecular weight is 457 g/mol. The van der Waals surface area contributed by atoms with Crippen molar-refractivity contribution in [3.8, 4) is 0 Å². The van der Waals surface area contributed by atoms with E-state index in [2.05, 4.69) is 16.0 Å². The fraction of sp³-hybridized carbons (Fsp3) is 0.810. The number of nitrogens with one attached hydrogen (secondary N) is 3. The van der Waals surface area contributed by atoms with Crippen molar-refractivity contribution in [1.82, 2.24) is 20.9 Å². The number of carbonyl (C=O) groups is 4. The number of Topliss-reactive ketones (excluding diaryl/α,β-unsaturated/α-hetero) is 1. The maximum Gasteiger partial charge on any atom is 0.408 e. The zero-order chi connectivity index (χ0) is 23.2. The highest BCUT2D eigenvalue weighted by Crippen LogP contribution is 2.22. The molecule has 0 aromatic carbocycles. The van der Waals surface area contributed by atoms with Crippen LogP contribution in [0.25, 0.3) is 0 Å². The molecule has 2 heterocycles. The lowest BCUT2D eigenvalue weighted by molar-refractivity contribution is -0.139.